The predicted molar refractivity (Wildman–Crippen MR) is 77.8 cm³/mol. The summed E-state index contributed by atoms with van der Waals surface area (Å²) in [4.78, 5) is 4.45. The van der Waals surface area contributed by atoms with Crippen molar-refractivity contribution in [2.75, 3.05) is 19.5 Å². The highest BCUT2D eigenvalue weighted by Gasteiger charge is 2.51. The van der Waals surface area contributed by atoms with Crippen molar-refractivity contribution in [3.05, 3.63) is 35.4 Å². The lowest BCUT2D eigenvalue weighted by atomic mass is 9.69. The lowest BCUT2D eigenvalue weighted by Crippen LogP contribution is -2.50. The van der Waals surface area contributed by atoms with Crippen LogP contribution < -0.4 is 5.73 Å². The van der Waals surface area contributed by atoms with Crippen LogP contribution in [0, 0.1) is 17.0 Å². The number of methoxy groups -OCH3 is 1. The Bertz CT molecular complexity index is 548. The quantitative estimate of drug-likeness (QED) is 0.933. The third kappa shape index (κ3) is 2.31. The van der Waals surface area contributed by atoms with E-state index in [0.717, 1.165) is 6.07 Å². The predicted octanol–water partition coefficient (Wildman–Crippen LogP) is 2.89. The fraction of sp³-hybridized carbons (Fsp3) is 0.500. The van der Waals surface area contributed by atoms with Crippen LogP contribution >= 0.6 is 11.8 Å². The van der Waals surface area contributed by atoms with E-state index in [1.807, 2.05) is 13.8 Å². The van der Waals surface area contributed by atoms with E-state index >= 15 is 0 Å². The molecule has 0 amide bonds. The van der Waals surface area contributed by atoms with Crippen molar-refractivity contribution >= 4 is 16.9 Å². The molecule has 0 radical (unpaired) electrons. The smallest absolute Gasteiger partial charge is 0.164 e. The molecule has 1 aromatic rings. The molecule has 0 aliphatic carbocycles. The monoisotopic (exact) mass is 300 g/mol. The summed E-state index contributed by atoms with van der Waals surface area (Å²) in [6.45, 7) is 4.06. The first-order valence-corrected chi connectivity index (χ1v) is 7.24. The van der Waals surface area contributed by atoms with Crippen LogP contribution in [-0.2, 0) is 10.3 Å². The van der Waals surface area contributed by atoms with E-state index in [1.54, 1.807) is 6.07 Å². The second-order valence-electron chi connectivity index (χ2n) is 5.52. The first-order valence-electron chi connectivity index (χ1n) is 6.25. The molecule has 1 heterocycles. The summed E-state index contributed by atoms with van der Waals surface area (Å²) in [5.74, 6) is -1.12. The van der Waals surface area contributed by atoms with Crippen molar-refractivity contribution in [3.8, 4) is 0 Å². The third-order valence-electron chi connectivity index (χ3n) is 3.75. The molecule has 0 fully saturated rings. The number of rotatable bonds is 3. The van der Waals surface area contributed by atoms with Gasteiger partial charge in [0.2, 0.25) is 0 Å². The molecule has 1 atom stereocenters. The average molecular weight is 300 g/mol. The van der Waals surface area contributed by atoms with Crippen LogP contribution in [0.5, 0.6) is 0 Å². The number of amidine groups is 1. The lowest BCUT2D eigenvalue weighted by Gasteiger charge is -2.46. The van der Waals surface area contributed by atoms with E-state index < -0.39 is 22.6 Å². The number of benzene rings is 1. The fourth-order valence-corrected chi connectivity index (χ4v) is 3.48. The summed E-state index contributed by atoms with van der Waals surface area (Å²) in [5.41, 5.74) is 4.57. The summed E-state index contributed by atoms with van der Waals surface area (Å²) >= 11 is 1.41. The summed E-state index contributed by atoms with van der Waals surface area (Å²) in [6.07, 6.45) is 0. The second-order valence-corrected chi connectivity index (χ2v) is 6.51. The van der Waals surface area contributed by atoms with Gasteiger partial charge in [-0.15, -0.1) is 0 Å². The van der Waals surface area contributed by atoms with E-state index in [0.29, 0.717) is 10.9 Å². The van der Waals surface area contributed by atoms with Gasteiger partial charge in [0.15, 0.2) is 16.8 Å². The summed E-state index contributed by atoms with van der Waals surface area (Å²) in [5, 5.41) is 0.366. The zero-order valence-electron chi connectivity index (χ0n) is 11.7. The van der Waals surface area contributed by atoms with E-state index in [-0.39, 0.29) is 12.2 Å². The Kier molecular flexibility index (Phi) is 4.07. The van der Waals surface area contributed by atoms with Crippen LogP contribution in [0.1, 0.15) is 19.4 Å². The number of thioether (sulfide) groups is 1. The second kappa shape index (κ2) is 5.33. The number of nitrogens with zero attached hydrogens (tertiary/aromatic N) is 1. The molecule has 0 saturated heterocycles. The Balaban J connectivity index is 2.71. The van der Waals surface area contributed by atoms with E-state index in [4.69, 9.17) is 10.5 Å². The molecule has 2 rings (SSSR count). The van der Waals surface area contributed by atoms with Crippen LogP contribution in [0.2, 0.25) is 0 Å². The molecule has 6 heteroatoms. The third-order valence-corrected chi connectivity index (χ3v) is 5.01. The molecule has 1 aliphatic rings. The molecule has 0 aromatic heterocycles. The maximum atomic E-state index is 14.3. The highest BCUT2D eigenvalue weighted by molar-refractivity contribution is 8.13. The van der Waals surface area contributed by atoms with Gasteiger partial charge in [-0.1, -0.05) is 37.7 Å². The van der Waals surface area contributed by atoms with E-state index in [1.165, 1.54) is 24.9 Å². The number of ether oxygens (including phenoxy) is 1. The molecular formula is C14H18F2N2OS. The first-order chi connectivity index (χ1) is 9.34. The van der Waals surface area contributed by atoms with Crippen LogP contribution in [-0.4, -0.2) is 24.6 Å². The average Bonchev–Trinajstić information content (AvgIpc) is 2.38. The molecule has 0 bridgehead atoms. The minimum atomic E-state index is -1.02. The topological polar surface area (TPSA) is 47.6 Å². The van der Waals surface area contributed by atoms with Gasteiger partial charge in [0.05, 0.1) is 6.61 Å². The van der Waals surface area contributed by atoms with Gasteiger partial charge in [-0.25, -0.2) is 13.8 Å². The fourth-order valence-electron chi connectivity index (χ4n) is 2.51. The number of hydrogen-bond donors (Lipinski definition) is 1. The number of aliphatic imine (C=N–C) groups is 1. The molecule has 1 unspecified atom stereocenters. The van der Waals surface area contributed by atoms with Crippen molar-refractivity contribution in [3.63, 3.8) is 0 Å². The van der Waals surface area contributed by atoms with Crippen molar-refractivity contribution in [1.29, 1.82) is 0 Å². The highest BCUT2D eigenvalue weighted by atomic mass is 32.2. The Morgan fingerprint density at radius 1 is 1.40 bits per heavy atom. The van der Waals surface area contributed by atoms with Crippen molar-refractivity contribution < 1.29 is 13.5 Å². The van der Waals surface area contributed by atoms with Gasteiger partial charge in [-0.3, -0.25) is 0 Å². The molecule has 1 aromatic carbocycles. The number of halogens is 2. The SMILES string of the molecule is COCC1(c2cccc(F)c2F)N=C(N)SCC1(C)C. The molecule has 3 nitrogen and oxygen atoms in total. The van der Waals surface area contributed by atoms with Crippen LogP contribution in [0.4, 0.5) is 8.78 Å². The van der Waals surface area contributed by atoms with Gasteiger partial charge in [-0.05, 0) is 6.07 Å². The highest BCUT2D eigenvalue weighted by Crippen LogP contribution is 2.49. The van der Waals surface area contributed by atoms with Crippen molar-refractivity contribution in [2.24, 2.45) is 16.1 Å². The summed E-state index contributed by atoms with van der Waals surface area (Å²) in [7, 11) is 1.52. The molecule has 20 heavy (non-hydrogen) atoms. The largest absolute Gasteiger partial charge is 0.382 e. The van der Waals surface area contributed by atoms with Crippen LogP contribution in [0.15, 0.2) is 23.2 Å². The molecule has 1 aliphatic heterocycles. The van der Waals surface area contributed by atoms with Crippen LogP contribution in [0.25, 0.3) is 0 Å². The minimum Gasteiger partial charge on any atom is -0.382 e. The molecule has 0 spiro atoms. The Morgan fingerprint density at radius 2 is 2.10 bits per heavy atom. The minimum absolute atomic E-state index is 0.141. The Morgan fingerprint density at radius 3 is 2.75 bits per heavy atom. The molecule has 0 saturated carbocycles. The summed E-state index contributed by atoms with van der Waals surface area (Å²) in [6, 6.07) is 4.12. The number of nitrogens with two attached hydrogens (primary N) is 1. The van der Waals surface area contributed by atoms with Crippen molar-refractivity contribution in [1.82, 2.24) is 0 Å². The van der Waals surface area contributed by atoms with Gasteiger partial charge < -0.3 is 10.5 Å². The normalized spacial score (nSPS) is 25.4. The van der Waals surface area contributed by atoms with Gasteiger partial charge in [0.1, 0.15) is 5.54 Å². The standard InChI is InChI=1S/C14H18F2N2OS/c1-13(2)8-20-12(17)18-14(13,7-19-3)9-5-4-6-10(15)11(9)16/h4-6H,7-8H2,1-3H3,(H2,17,18). The molecule has 2 N–H and O–H groups in total. The van der Waals surface area contributed by atoms with Gasteiger partial charge >= 0.3 is 0 Å². The Hall–Kier alpha value is -1.14. The van der Waals surface area contributed by atoms with E-state index in [2.05, 4.69) is 4.99 Å². The van der Waals surface area contributed by atoms with E-state index in [9.17, 15) is 8.78 Å². The Labute approximate surface area is 121 Å². The first kappa shape index (κ1) is 15.3. The van der Waals surface area contributed by atoms with Gasteiger partial charge in [0, 0.05) is 23.8 Å². The van der Waals surface area contributed by atoms with Gasteiger partial charge in [-0.2, -0.15) is 0 Å². The van der Waals surface area contributed by atoms with Gasteiger partial charge in [0.25, 0.3) is 0 Å². The zero-order valence-corrected chi connectivity index (χ0v) is 12.6. The number of hydrogen-bond acceptors (Lipinski definition) is 4. The summed E-state index contributed by atoms with van der Waals surface area (Å²) < 4.78 is 33.1. The maximum Gasteiger partial charge on any atom is 0.164 e. The molecule has 110 valence electrons. The lowest BCUT2D eigenvalue weighted by molar-refractivity contribution is 0.0609. The zero-order chi connectivity index (χ0) is 15.0. The van der Waals surface area contributed by atoms with Crippen molar-refractivity contribution in [2.45, 2.75) is 19.4 Å². The molecular weight excluding hydrogens is 282 g/mol. The maximum absolute atomic E-state index is 14.3. The van der Waals surface area contributed by atoms with Crippen LogP contribution in [0.3, 0.4) is 0 Å².